The number of aromatic carboxylic acids is 1. The van der Waals surface area contributed by atoms with Gasteiger partial charge in [-0.3, -0.25) is 4.90 Å². The number of hydrogen-bond donors (Lipinski definition) is 1. The fraction of sp³-hybridized carbons (Fsp3) is 0.371. The maximum absolute atomic E-state index is 15.1. The van der Waals surface area contributed by atoms with E-state index < -0.39 is 41.8 Å². The molecule has 0 unspecified atom stereocenters. The van der Waals surface area contributed by atoms with E-state index in [-0.39, 0.29) is 28.7 Å². The number of amides is 1. The van der Waals surface area contributed by atoms with Crippen LogP contribution in [0.3, 0.4) is 0 Å². The van der Waals surface area contributed by atoms with Crippen molar-refractivity contribution in [3.63, 3.8) is 0 Å². The molecule has 1 amide bonds. The average Bonchev–Trinajstić information content (AvgIpc) is 3.24. The maximum Gasteiger partial charge on any atom is 0.416 e. The third-order valence-electron chi connectivity index (χ3n) is 8.70. The van der Waals surface area contributed by atoms with Crippen LogP contribution in [0.25, 0.3) is 16.7 Å². The molecule has 0 spiro atoms. The Morgan fingerprint density at radius 1 is 1.09 bits per heavy atom. The number of ether oxygens (including phenoxy) is 2. The van der Waals surface area contributed by atoms with Crippen LogP contribution in [0.5, 0.6) is 5.75 Å². The Bertz CT molecular complexity index is 1690. The predicted octanol–water partition coefficient (Wildman–Crippen LogP) is 9.07. The molecule has 1 N–H and O–H groups in total. The Kier molecular flexibility index (Phi) is 8.46. The van der Waals surface area contributed by atoms with Crippen LogP contribution in [0.2, 0.25) is 0 Å². The molecule has 10 heteroatoms. The van der Waals surface area contributed by atoms with Crippen molar-refractivity contribution in [3.8, 4) is 16.9 Å². The largest absolute Gasteiger partial charge is 0.497 e. The first-order valence-corrected chi connectivity index (χ1v) is 14.7. The van der Waals surface area contributed by atoms with Crippen molar-refractivity contribution in [2.24, 2.45) is 5.41 Å². The van der Waals surface area contributed by atoms with Gasteiger partial charge in [0.2, 0.25) is 0 Å². The highest BCUT2D eigenvalue weighted by Gasteiger charge is 2.42. The van der Waals surface area contributed by atoms with Crippen LogP contribution in [0.4, 0.5) is 22.4 Å². The zero-order valence-corrected chi connectivity index (χ0v) is 25.7. The number of allylic oxidation sites excluding steroid dienone is 1. The summed E-state index contributed by atoms with van der Waals surface area (Å²) in [6, 6.07) is 12.3. The SMILES string of the molecule is COc1cc(C2=C(CN3C(=O)O[C@H](c4cc(C)cc(C(F)(F)F)c4)[C@@H]3C)CC(C)(C)CC2)cc(-c2ccc(C(=O)O)cc2F)c1. The smallest absolute Gasteiger partial charge is 0.416 e. The summed E-state index contributed by atoms with van der Waals surface area (Å²) in [5.41, 5.74) is 3.11. The zero-order valence-electron chi connectivity index (χ0n) is 25.7. The Morgan fingerprint density at radius 3 is 2.44 bits per heavy atom. The Morgan fingerprint density at radius 2 is 1.80 bits per heavy atom. The second kappa shape index (κ2) is 11.9. The van der Waals surface area contributed by atoms with Crippen molar-refractivity contribution >= 4 is 17.6 Å². The standard InChI is InChI=1S/C35H35F4NO5/c1-19-10-24(13-26(11-19)35(37,38)39)31-20(2)40(33(43)45-31)18-25-17-34(3,4)9-8-28(25)22-12-23(15-27(14-22)44-5)29-7-6-21(32(41)42)16-30(29)36/h6-7,10-16,20,31H,8-9,17-18H2,1-5H3,(H,41,42)/t20-,31-/m0/s1. The molecule has 0 aromatic heterocycles. The Hall–Kier alpha value is -4.34. The van der Waals surface area contributed by atoms with Crippen molar-refractivity contribution < 1.29 is 41.7 Å². The number of aryl methyl sites for hydroxylation is 1. The van der Waals surface area contributed by atoms with E-state index in [2.05, 4.69) is 13.8 Å². The monoisotopic (exact) mass is 625 g/mol. The third-order valence-corrected chi connectivity index (χ3v) is 8.70. The van der Waals surface area contributed by atoms with Crippen LogP contribution in [0, 0.1) is 18.2 Å². The molecule has 2 atom stereocenters. The quantitative estimate of drug-likeness (QED) is 0.265. The van der Waals surface area contributed by atoms with Gasteiger partial charge in [0.15, 0.2) is 0 Å². The minimum Gasteiger partial charge on any atom is -0.497 e. The van der Waals surface area contributed by atoms with E-state index in [0.29, 0.717) is 29.7 Å². The minimum absolute atomic E-state index is 0.0796. The summed E-state index contributed by atoms with van der Waals surface area (Å²) in [6.45, 7) is 7.84. The lowest BCUT2D eigenvalue weighted by Crippen LogP contribution is -2.35. The van der Waals surface area contributed by atoms with Gasteiger partial charge >= 0.3 is 18.2 Å². The van der Waals surface area contributed by atoms with Gasteiger partial charge in [-0.1, -0.05) is 31.5 Å². The van der Waals surface area contributed by atoms with Crippen molar-refractivity contribution in [1.82, 2.24) is 4.90 Å². The van der Waals surface area contributed by atoms with Crippen LogP contribution in [-0.2, 0) is 10.9 Å². The van der Waals surface area contributed by atoms with E-state index in [1.807, 2.05) is 12.1 Å². The number of rotatable bonds is 7. The number of carbonyl (C=O) groups is 2. The Labute approximate surface area is 259 Å². The van der Waals surface area contributed by atoms with E-state index >= 15 is 4.39 Å². The van der Waals surface area contributed by atoms with Crippen LogP contribution < -0.4 is 4.74 Å². The second-order valence-corrected chi connectivity index (χ2v) is 12.7. The van der Waals surface area contributed by atoms with Crippen LogP contribution in [0.15, 0.2) is 60.2 Å². The van der Waals surface area contributed by atoms with Crippen molar-refractivity contribution in [1.29, 1.82) is 0 Å². The first kappa shape index (κ1) is 32.1. The average molecular weight is 626 g/mol. The predicted molar refractivity (Wildman–Crippen MR) is 161 cm³/mol. The number of hydrogen-bond acceptors (Lipinski definition) is 4. The van der Waals surface area contributed by atoms with Gasteiger partial charge in [0.1, 0.15) is 17.7 Å². The van der Waals surface area contributed by atoms with Gasteiger partial charge < -0.3 is 14.6 Å². The highest BCUT2D eigenvalue weighted by Crippen LogP contribution is 2.45. The normalized spacial score (nSPS) is 19.9. The highest BCUT2D eigenvalue weighted by molar-refractivity contribution is 5.88. The van der Waals surface area contributed by atoms with Gasteiger partial charge in [0, 0.05) is 12.1 Å². The number of nitrogens with zero attached hydrogens (tertiary/aromatic N) is 1. The second-order valence-electron chi connectivity index (χ2n) is 12.7. The number of methoxy groups -OCH3 is 1. The summed E-state index contributed by atoms with van der Waals surface area (Å²) in [7, 11) is 1.50. The summed E-state index contributed by atoms with van der Waals surface area (Å²) in [5, 5.41) is 9.26. The molecule has 5 rings (SSSR count). The zero-order chi connectivity index (χ0) is 32.8. The molecule has 1 fully saturated rings. The van der Waals surface area contributed by atoms with Crippen LogP contribution >= 0.6 is 0 Å². The first-order valence-electron chi connectivity index (χ1n) is 14.7. The van der Waals surface area contributed by atoms with Gasteiger partial charge in [0.25, 0.3) is 0 Å². The number of carboxylic acid groups (broad SMARTS) is 1. The number of halogens is 4. The third kappa shape index (κ3) is 6.70. The fourth-order valence-corrected chi connectivity index (χ4v) is 6.35. The summed E-state index contributed by atoms with van der Waals surface area (Å²) < 4.78 is 67.0. The number of benzene rings is 3. The summed E-state index contributed by atoms with van der Waals surface area (Å²) >= 11 is 0. The molecule has 1 aliphatic carbocycles. The molecule has 45 heavy (non-hydrogen) atoms. The van der Waals surface area contributed by atoms with Gasteiger partial charge in [-0.2, -0.15) is 13.2 Å². The number of alkyl halides is 3. The molecule has 3 aromatic carbocycles. The summed E-state index contributed by atoms with van der Waals surface area (Å²) in [4.78, 5) is 26.1. The molecule has 1 aliphatic heterocycles. The van der Waals surface area contributed by atoms with E-state index in [9.17, 15) is 27.9 Å². The summed E-state index contributed by atoms with van der Waals surface area (Å²) in [5.74, 6) is -1.43. The van der Waals surface area contributed by atoms with Gasteiger partial charge in [-0.15, -0.1) is 0 Å². The lowest BCUT2D eigenvalue weighted by molar-refractivity contribution is -0.137. The highest BCUT2D eigenvalue weighted by atomic mass is 19.4. The number of carboxylic acids is 1. The molecular formula is C35H35F4NO5. The van der Waals surface area contributed by atoms with E-state index in [0.717, 1.165) is 41.3 Å². The van der Waals surface area contributed by atoms with Crippen LogP contribution in [-0.4, -0.2) is 41.8 Å². The van der Waals surface area contributed by atoms with Gasteiger partial charge in [0.05, 0.1) is 24.3 Å². The van der Waals surface area contributed by atoms with Crippen molar-refractivity contribution in [3.05, 3.63) is 93.8 Å². The molecule has 0 saturated carbocycles. The topological polar surface area (TPSA) is 76.1 Å². The molecule has 0 radical (unpaired) electrons. The van der Waals surface area contributed by atoms with Gasteiger partial charge in [-0.25, -0.2) is 14.0 Å². The molecule has 6 nitrogen and oxygen atoms in total. The fourth-order valence-electron chi connectivity index (χ4n) is 6.35. The minimum atomic E-state index is -4.53. The Balaban J connectivity index is 1.53. The maximum atomic E-state index is 15.1. The molecule has 0 bridgehead atoms. The van der Waals surface area contributed by atoms with E-state index in [1.165, 1.54) is 19.2 Å². The van der Waals surface area contributed by atoms with Crippen LogP contribution in [0.1, 0.15) is 78.7 Å². The molecule has 3 aromatic rings. The molecule has 1 saturated heterocycles. The number of cyclic esters (lactones) is 1. The first-order chi connectivity index (χ1) is 21.1. The molecule has 1 heterocycles. The van der Waals surface area contributed by atoms with Crippen molar-refractivity contribution in [2.45, 2.75) is 65.3 Å². The van der Waals surface area contributed by atoms with E-state index in [1.54, 1.807) is 30.9 Å². The number of carbonyl (C=O) groups excluding carboxylic acids is 1. The van der Waals surface area contributed by atoms with Gasteiger partial charge in [-0.05, 0) is 109 Å². The van der Waals surface area contributed by atoms with E-state index in [4.69, 9.17) is 9.47 Å². The molecular weight excluding hydrogens is 590 g/mol. The molecule has 238 valence electrons. The molecule has 2 aliphatic rings. The lowest BCUT2D eigenvalue weighted by atomic mass is 9.72. The van der Waals surface area contributed by atoms with Crippen molar-refractivity contribution in [2.75, 3.05) is 13.7 Å². The lowest BCUT2D eigenvalue weighted by Gasteiger charge is -2.35. The summed E-state index contributed by atoms with van der Waals surface area (Å²) in [6.07, 6.45) is -3.84.